The topological polar surface area (TPSA) is 35.5 Å². The lowest BCUT2D eigenvalue weighted by Crippen LogP contribution is -2.15. The first kappa shape index (κ1) is 11.5. The fraction of sp³-hybridized carbons (Fsp3) is 0.364. The van der Waals surface area contributed by atoms with Gasteiger partial charge in [-0.1, -0.05) is 0 Å². The monoisotopic (exact) mass is 212 g/mol. The van der Waals surface area contributed by atoms with Crippen LogP contribution in [0.2, 0.25) is 0 Å². The average molecular weight is 212 g/mol. The van der Waals surface area contributed by atoms with Crippen molar-refractivity contribution in [1.82, 2.24) is 0 Å². The van der Waals surface area contributed by atoms with Crippen molar-refractivity contribution in [2.45, 2.75) is 26.9 Å². The number of rotatable bonds is 2. The van der Waals surface area contributed by atoms with Gasteiger partial charge in [-0.15, -0.1) is 0 Å². The summed E-state index contributed by atoms with van der Waals surface area (Å²) in [5.41, 5.74) is 0.421. The summed E-state index contributed by atoms with van der Waals surface area (Å²) >= 11 is 0. The molecule has 0 aromatic heterocycles. The molecule has 0 atom stereocenters. The number of aryl methyl sites for hydroxylation is 1. The van der Waals surface area contributed by atoms with Gasteiger partial charge in [0.25, 0.3) is 0 Å². The quantitative estimate of drug-likeness (QED) is 0.558. The van der Waals surface area contributed by atoms with E-state index >= 15 is 0 Å². The molecule has 0 saturated heterocycles. The number of carbonyl (C=O) groups excluding carboxylic acids is 1. The molecule has 0 unspecified atom stereocenters. The van der Waals surface area contributed by atoms with E-state index in [9.17, 15) is 9.18 Å². The highest BCUT2D eigenvalue weighted by Crippen LogP contribution is 2.16. The summed E-state index contributed by atoms with van der Waals surface area (Å²) in [6.07, 6.45) is -1.02. The average Bonchev–Trinajstić information content (AvgIpc) is 2.10. The summed E-state index contributed by atoms with van der Waals surface area (Å²) in [5.74, 6) is -0.0564. The molecule has 0 heterocycles. The van der Waals surface area contributed by atoms with Crippen LogP contribution in [-0.4, -0.2) is 12.3 Å². The van der Waals surface area contributed by atoms with Crippen LogP contribution in [0.4, 0.5) is 9.18 Å². The number of hydrogen-bond acceptors (Lipinski definition) is 3. The Morgan fingerprint density at radius 1 is 1.40 bits per heavy atom. The largest absolute Gasteiger partial charge is 0.514 e. The van der Waals surface area contributed by atoms with E-state index in [4.69, 9.17) is 9.47 Å². The molecule has 0 aliphatic rings. The molecule has 4 heteroatoms. The number of ether oxygens (including phenoxy) is 2. The minimum Gasteiger partial charge on any atom is -0.431 e. The molecule has 1 rings (SSSR count). The molecule has 0 bridgehead atoms. The minimum atomic E-state index is -0.781. The number of benzene rings is 1. The van der Waals surface area contributed by atoms with Crippen molar-refractivity contribution in [3.8, 4) is 5.75 Å². The van der Waals surface area contributed by atoms with Crippen molar-refractivity contribution in [2.24, 2.45) is 0 Å². The zero-order valence-corrected chi connectivity index (χ0v) is 8.91. The van der Waals surface area contributed by atoms with Crippen LogP contribution < -0.4 is 4.74 Å². The standard InChI is InChI=1S/C11H13FO3/c1-7(2)14-11(13)15-9-4-5-10(12)8(3)6-9/h4-7H,1-3H3. The molecular weight excluding hydrogens is 199 g/mol. The van der Waals surface area contributed by atoms with Crippen LogP contribution in [0.15, 0.2) is 18.2 Å². The maximum Gasteiger partial charge on any atom is 0.514 e. The summed E-state index contributed by atoms with van der Waals surface area (Å²) in [6, 6.07) is 4.06. The Labute approximate surface area is 87.8 Å². The van der Waals surface area contributed by atoms with Gasteiger partial charge in [-0.25, -0.2) is 9.18 Å². The van der Waals surface area contributed by atoms with Crippen LogP contribution in [0.5, 0.6) is 5.75 Å². The lowest BCUT2D eigenvalue weighted by Gasteiger charge is -2.08. The fourth-order valence-electron chi connectivity index (χ4n) is 0.993. The molecule has 3 nitrogen and oxygen atoms in total. The second-order valence-corrected chi connectivity index (χ2v) is 3.43. The lowest BCUT2D eigenvalue weighted by atomic mass is 10.2. The van der Waals surface area contributed by atoms with E-state index in [1.807, 2.05) is 0 Å². The minimum absolute atomic E-state index is 0.237. The van der Waals surface area contributed by atoms with Gasteiger partial charge in [0.1, 0.15) is 11.6 Å². The van der Waals surface area contributed by atoms with Crippen LogP contribution in [0.25, 0.3) is 0 Å². The zero-order valence-electron chi connectivity index (χ0n) is 8.91. The van der Waals surface area contributed by atoms with Crippen LogP contribution in [0.3, 0.4) is 0 Å². The van der Waals surface area contributed by atoms with Crippen LogP contribution in [0.1, 0.15) is 19.4 Å². The van der Waals surface area contributed by atoms with Gasteiger partial charge in [-0.2, -0.15) is 0 Å². The predicted molar refractivity (Wildman–Crippen MR) is 53.4 cm³/mol. The van der Waals surface area contributed by atoms with E-state index in [1.54, 1.807) is 20.8 Å². The molecule has 0 N–H and O–H groups in total. The van der Waals surface area contributed by atoms with E-state index in [0.29, 0.717) is 5.56 Å². The Morgan fingerprint density at radius 3 is 2.60 bits per heavy atom. The third kappa shape index (κ3) is 3.58. The summed E-state index contributed by atoms with van der Waals surface area (Å²) in [6.45, 7) is 5.03. The molecule has 0 saturated carbocycles. The van der Waals surface area contributed by atoms with E-state index in [0.717, 1.165) is 0 Å². The maximum atomic E-state index is 12.9. The third-order valence-electron chi connectivity index (χ3n) is 1.66. The predicted octanol–water partition coefficient (Wildman–Crippen LogP) is 3.06. The second-order valence-electron chi connectivity index (χ2n) is 3.43. The number of halogens is 1. The SMILES string of the molecule is Cc1cc(OC(=O)OC(C)C)ccc1F. The Bertz CT molecular complexity index is 361. The molecule has 0 spiro atoms. The van der Waals surface area contributed by atoms with Crippen molar-refractivity contribution in [3.63, 3.8) is 0 Å². The first-order valence-electron chi connectivity index (χ1n) is 4.63. The molecule has 0 aliphatic carbocycles. The highest BCUT2D eigenvalue weighted by Gasteiger charge is 2.09. The molecule has 0 fully saturated rings. The Balaban J connectivity index is 2.65. The van der Waals surface area contributed by atoms with Gasteiger partial charge < -0.3 is 9.47 Å². The summed E-state index contributed by atoms with van der Waals surface area (Å²) in [5, 5.41) is 0. The number of hydrogen-bond donors (Lipinski definition) is 0. The highest BCUT2D eigenvalue weighted by atomic mass is 19.1. The van der Waals surface area contributed by atoms with Gasteiger partial charge >= 0.3 is 6.16 Å². The molecule has 0 aliphatic heterocycles. The normalized spacial score (nSPS) is 10.2. The van der Waals surface area contributed by atoms with Crippen molar-refractivity contribution in [2.75, 3.05) is 0 Å². The Hall–Kier alpha value is -1.58. The fourth-order valence-corrected chi connectivity index (χ4v) is 0.993. The van der Waals surface area contributed by atoms with Gasteiger partial charge in [0.15, 0.2) is 0 Å². The van der Waals surface area contributed by atoms with E-state index < -0.39 is 6.16 Å². The van der Waals surface area contributed by atoms with E-state index in [-0.39, 0.29) is 17.7 Å². The van der Waals surface area contributed by atoms with Gasteiger partial charge in [0.05, 0.1) is 6.10 Å². The van der Waals surface area contributed by atoms with Crippen LogP contribution in [0, 0.1) is 12.7 Å². The Kier molecular flexibility index (Phi) is 3.66. The molecule has 1 aromatic carbocycles. The summed E-state index contributed by atoms with van der Waals surface area (Å²) < 4.78 is 22.5. The molecule has 15 heavy (non-hydrogen) atoms. The second kappa shape index (κ2) is 4.77. The van der Waals surface area contributed by atoms with E-state index in [2.05, 4.69) is 0 Å². The number of carbonyl (C=O) groups is 1. The molecule has 1 aromatic rings. The summed E-state index contributed by atoms with van der Waals surface area (Å²) in [4.78, 5) is 11.1. The molecule has 82 valence electrons. The third-order valence-corrected chi connectivity index (χ3v) is 1.66. The van der Waals surface area contributed by atoms with Crippen molar-refractivity contribution < 1.29 is 18.7 Å². The van der Waals surface area contributed by atoms with Crippen molar-refractivity contribution >= 4 is 6.16 Å². The summed E-state index contributed by atoms with van der Waals surface area (Å²) in [7, 11) is 0. The highest BCUT2D eigenvalue weighted by molar-refractivity contribution is 5.64. The van der Waals surface area contributed by atoms with Crippen LogP contribution in [-0.2, 0) is 4.74 Å². The first-order valence-corrected chi connectivity index (χ1v) is 4.63. The van der Waals surface area contributed by atoms with Gasteiger partial charge in [-0.05, 0) is 44.5 Å². The van der Waals surface area contributed by atoms with Gasteiger partial charge in [0, 0.05) is 0 Å². The molecule has 0 radical (unpaired) electrons. The van der Waals surface area contributed by atoms with Gasteiger partial charge in [0.2, 0.25) is 0 Å². The first-order chi connectivity index (χ1) is 6.99. The molecule has 0 amide bonds. The lowest BCUT2D eigenvalue weighted by molar-refractivity contribution is 0.0728. The smallest absolute Gasteiger partial charge is 0.431 e. The zero-order chi connectivity index (χ0) is 11.4. The Morgan fingerprint density at radius 2 is 2.07 bits per heavy atom. The van der Waals surface area contributed by atoms with Crippen molar-refractivity contribution in [3.05, 3.63) is 29.6 Å². The van der Waals surface area contributed by atoms with E-state index in [1.165, 1.54) is 18.2 Å². The maximum absolute atomic E-state index is 12.9. The molecular formula is C11H13FO3. The van der Waals surface area contributed by atoms with Gasteiger partial charge in [-0.3, -0.25) is 0 Å². The van der Waals surface area contributed by atoms with Crippen molar-refractivity contribution in [1.29, 1.82) is 0 Å². The van der Waals surface area contributed by atoms with Crippen LogP contribution >= 0.6 is 0 Å².